The van der Waals surface area contributed by atoms with Crippen molar-refractivity contribution in [1.29, 1.82) is 0 Å². The molecule has 0 aliphatic heterocycles. The summed E-state index contributed by atoms with van der Waals surface area (Å²) in [6.07, 6.45) is 0. The number of carboxylic acid groups (broad SMARTS) is 1. The summed E-state index contributed by atoms with van der Waals surface area (Å²) in [7, 11) is 0. The van der Waals surface area contributed by atoms with E-state index in [9.17, 15) is 4.79 Å². The Kier molecular flexibility index (Phi) is 3.71. The van der Waals surface area contributed by atoms with Gasteiger partial charge in [-0.15, -0.1) is 0 Å². The zero-order valence-electron chi connectivity index (χ0n) is 10.6. The Labute approximate surface area is 111 Å². The van der Waals surface area contributed by atoms with Gasteiger partial charge in [0.1, 0.15) is 0 Å². The average molecular weight is 256 g/mol. The highest BCUT2D eigenvalue weighted by Crippen LogP contribution is 2.23. The molecule has 0 heterocycles. The molecule has 0 aliphatic carbocycles. The highest BCUT2D eigenvalue weighted by molar-refractivity contribution is 5.87. The Balaban J connectivity index is 2.14. The SMILES string of the molecule is CC(Nc1ccccc1N)c1ccc(C(=O)O)cc1. The lowest BCUT2D eigenvalue weighted by molar-refractivity contribution is 0.0697. The van der Waals surface area contributed by atoms with E-state index >= 15 is 0 Å². The molecule has 0 radical (unpaired) electrons. The van der Waals surface area contributed by atoms with Crippen molar-refractivity contribution in [2.75, 3.05) is 11.1 Å². The molecule has 0 aliphatic rings. The topological polar surface area (TPSA) is 75.3 Å². The molecule has 19 heavy (non-hydrogen) atoms. The largest absolute Gasteiger partial charge is 0.478 e. The van der Waals surface area contributed by atoms with Gasteiger partial charge in [-0.2, -0.15) is 0 Å². The van der Waals surface area contributed by atoms with E-state index in [2.05, 4.69) is 5.32 Å². The summed E-state index contributed by atoms with van der Waals surface area (Å²) < 4.78 is 0. The fraction of sp³-hybridized carbons (Fsp3) is 0.133. The van der Waals surface area contributed by atoms with Gasteiger partial charge in [0.15, 0.2) is 0 Å². The molecule has 0 bridgehead atoms. The molecule has 4 N–H and O–H groups in total. The van der Waals surface area contributed by atoms with Crippen molar-refractivity contribution in [2.45, 2.75) is 13.0 Å². The first-order valence-electron chi connectivity index (χ1n) is 6.02. The fourth-order valence-corrected chi connectivity index (χ4v) is 1.86. The van der Waals surface area contributed by atoms with Crippen LogP contribution in [0.3, 0.4) is 0 Å². The van der Waals surface area contributed by atoms with Crippen LogP contribution in [0.2, 0.25) is 0 Å². The van der Waals surface area contributed by atoms with Gasteiger partial charge >= 0.3 is 5.97 Å². The third-order valence-electron chi connectivity index (χ3n) is 2.99. The van der Waals surface area contributed by atoms with E-state index in [0.29, 0.717) is 5.69 Å². The van der Waals surface area contributed by atoms with Gasteiger partial charge in [-0.1, -0.05) is 24.3 Å². The number of rotatable bonds is 4. The van der Waals surface area contributed by atoms with Crippen molar-refractivity contribution in [3.63, 3.8) is 0 Å². The van der Waals surface area contributed by atoms with Crippen molar-refractivity contribution in [1.82, 2.24) is 0 Å². The van der Waals surface area contributed by atoms with Crippen LogP contribution in [0.1, 0.15) is 28.9 Å². The summed E-state index contributed by atoms with van der Waals surface area (Å²) in [5.41, 5.74) is 8.73. The Bertz CT molecular complexity index is 579. The summed E-state index contributed by atoms with van der Waals surface area (Å²) in [4.78, 5) is 10.8. The molecular formula is C15H16N2O2. The normalized spacial score (nSPS) is 11.8. The quantitative estimate of drug-likeness (QED) is 0.734. The minimum atomic E-state index is -0.917. The number of nitrogens with one attached hydrogen (secondary N) is 1. The molecule has 2 aromatic carbocycles. The number of nitrogen functional groups attached to an aromatic ring is 1. The minimum Gasteiger partial charge on any atom is -0.478 e. The molecule has 0 fully saturated rings. The number of carboxylic acids is 1. The van der Waals surface area contributed by atoms with E-state index in [1.54, 1.807) is 24.3 Å². The summed E-state index contributed by atoms with van der Waals surface area (Å²) in [6.45, 7) is 2.00. The Morgan fingerprint density at radius 1 is 1.16 bits per heavy atom. The minimum absolute atomic E-state index is 0.0487. The summed E-state index contributed by atoms with van der Waals surface area (Å²) >= 11 is 0. The van der Waals surface area contributed by atoms with E-state index < -0.39 is 5.97 Å². The highest BCUT2D eigenvalue weighted by atomic mass is 16.4. The first-order chi connectivity index (χ1) is 9.08. The van der Waals surface area contributed by atoms with Crippen molar-refractivity contribution in [2.24, 2.45) is 0 Å². The van der Waals surface area contributed by atoms with Crippen LogP contribution < -0.4 is 11.1 Å². The van der Waals surface area contributed by atoms with E-state index in [4.69, 9.17) is 10.8 Å². The molecule has 1 atom stereocenters. The van der Waals surface area contributed by atoms with Gasteiger partial charge in [0.05, 0.1) is 16.9 Å². The van der Waals surface area contributed by atoms with Crippen molar-refractivity contribution >= 4 is 17.3 Å². The molecule has 98 valence electrons. The van der Waals surface area contributed by atoms with Crippen LogP contribution in [0.4, 0.5) is 11.4 Å². The second-order valence-electron chi connectivity index (χ2n) is 4.38. The summed E-state index contributed by atoms with van der Waals surface area (Å²) in [5, 5.41) is 12.2. The Morgan fingerprint density at radius 3 is 2.37 bits per heavy atom. The lowest BCUT2D eigenvalue weighted by Gasteiger charge is -2.17. The molecular weight excluding hydrogens is 240 g/mol. The van der Waals surface area contributed by atoms with E-state index in [1.807, 2.05) is 31.2 Å². The molecule has 0 spiro atoms. The van der Waals surface area contributed by atoms with Gasteiger partial charge in [0, 0.05) is 6.04 Å². The lowest BCUT2D eigenvalue weighted by atomic mass is 10.1. The molecule has 4 heteroatoms. The zero-order valence-corrected chi connectivity index (χ0v) is 10.6. The van der Waals surface area contributed by atoms with Crippen LogP contribution in [-0.4, -0.2) is 11.1 Å². The number of carbonyl (C=O) groups is 1. The number of aromatic carboxylic acids is 1. The predicted octanol–water partition coefficient (Wildman–Crippen LogP) is 3.14. The number of hydrogen-bond acceptors (Lipinski definition) is 3. The maximum atomic E-state index is 10.8. The van der Waals surface area contributed by atoms with Gasteiger partial charge in [-0.3, -0.25) is 0 Å². The summed E-state index contributed by atoms with van der Waals surface area (Å²) in [6, 6.07) is 14.4. The second-order valence-corrected chi connectivity index (χ2v) is 4.38. The molecule has 2 rings (SSSR count). The van der Waals surface area contributed by atoms with Crippen molar-refractivity contribution in [3.8, 4) is 0 Å². The molecule has 0 saturated carbocycles. The maximum Gasteiger partial charge on any atom is 0.335 e. The van der Waals surface area contributed by atoms with E-state index in [0.717, 1.165) is 11.3 Å². The molecule has 4 nitrogen and oxygen atoms in total. The number of anilines is 2. The van der Waals surface area contributed by atoms with Crippen LogP contribution in [0, 0.1) is 0 Å². The Morgan fingerprint density at radius 2 is 1.79 bits per heavy atom. The van der Waals surface area contributed by atoms with Crippen LogP contribution in [0.25, 0.3) is 0 Å². The van der Waals surface area contributed by atoms with Crippen LogP contribution in [0.5, 0.6) is 0 Å². The molecule has 0 saturated heterocycles. The van der Waals surface area contributed by atoms with Gasteiger partial charge in [0.2, 0.25) is 0 Å². The number of nitrogens with two attached hydrogens (primary N) is 1. The van der Waals surface area contributed by atoms with Crippen LogP contribution in [-0.2, 0) is 0 Å². The van der Waals surface area contributed by atoms with Gasteiger partial charge < -0.3 is 16.2 Å². The molecule has 2 aromatic rings. The standard InChI is InChI=1S/C15H16N2O2/c1-10(17-14-5-3-2-4-13(14)16)11-6-8-12(9-7-11)15(18)19/h2-10,17H,16H2,1H3,(H,18,19). The van der Waals surface area contributed by atoms with E-state index in [-0.39, 0.29) is 11.6 Å². The number of para-hydroxylation sites is 2. The second kappa shape index (κ2) is 5.44. The number of hydrogen-bond donors (Lipinski definition) is 3. The van der Waals surface area contributed by atoms with Gasteiger partial charge in [-0.05, 0) is 36.8 Å². The molecule has 0 aromatic heterocycles. The third-order valence-corrected chi connectivity index (χ3v) is 2.99. The first-order valence-corrected chi connectivity index (χ1v) is 6.02. The first kappa shape index (κ1) is 13.0. The Hall–Kier alpha value is -2.49. The smallest absolute Gasteiger partial charge is 0.335 e. The number of benzene rings is 2. The fourth-order valence-electron chi connectivity index (χ4n) is 1.86. The van der Waals surface area contributed by atoms with E-state index in [1.165, 1.54) is 0 Å². The average Bonchev–Trinajstić information content (AvgIpc) is 2.41. The monoisotopic (exact) mass is 256 g/mol. The van der Waals surface area contributed by atoms with Crippen molar-refractivity contribution < 1.29 is 9.90 Å². The molecule has 0 amide bonds. The van der Waals surface area contributed by atoms with Gasteiger partial charge in [-0.25, -0.2) is 4.79 Å². The van der Waals surface area contributed by atoms with Gasteiger partial charge in [0.25, 0.3) is 0 Å². The maximum absolute atomic E-state index is 10.8. The van der Waals surface area contributed by atoms with Crippen LogP contribution >= 0.6 is 0 Å². The zero-order chi connectivity index (χ0) is 13.8. The highest BCUT2D eigenvalue weighted by Gasteiger charge is 2.08. The van der Waals surface area contributed by atoms with Crippen molar-refractivity contribution in [3.05, 3.63) is 59.7 Å². The predicted molar refractivity (Wildman–Crippen MR) is 76.3 cm³/mol. The lowest BCUT2D eigenvalue weighted by Crippen LogP contribution is -2.08. The van der Waals surface area contributed by atoms with Crippen LogP contribution in [0.15, 0.2) is 48.5 Å². The third kappa shape index (κ3) is 3.04. The molecule has 1 unspecified atom stereocenters. The summed E-state index contributed by atoms with van der Waals surface area (Å²) in [5.74, 6) is -0.917.